The molecule has 2 rings (SSSR count). The third kappa shape index (κ3) is 5.17. The quantitative estimate of drug-likeness (QED) is 0.684. The highest BCUT2D eigenvalue weighted by atomic mass is 19.3. The molecule has 0 amide bonds. The van der Waals surface area contributed by atoms with Crippen molar-refractivity contribution in [3.8, 4) is 5.75 Å². The highest BCUT2D eigenvalue weighted by molar-refractivity contribution is 5.78. The Kier molecular flexibility index (Phi) is 5.71. The second kappa shape index (κ2) is 7.75. The van der Waals surface area contributed by atoms with Gasteiger partial charge < -0.3 is 15.4 Å². The first kappa shape index (κ1) is 15.5. The average Bonchev–Trinajstić information content (AvgIpc) is 2.75. The Bertz CT molecular complexity index is 457. The number of hydrogen-bond acceptors (Lipinski definition) is 3. The van der Waals surface area contributed by atoms with E-state index < -0.39 is 6.61 Å². The second-order valence-electron chi connectivity index (χ2n) is 4.94. The molecule has 116 valence electrons. The molecule has 1 aromatic rings. The molecule has 1 fully saturated rings. The van der Waals surface area contributed by atoms with E-state index >= 15 is 0 Å². The summed E-state index contributed by atoms with van der Waals surface area (Å²) in [4.78, 5) is 10.4. The summed E-state index contributed by atoms with van der Waals surface area (Å²) in [5.74, 6) is 0.560. The molecule has 0 aromatic carbocycles. The molecule has 2 heterocycles. The van der Waals surface area contributed by atoms with E-state index in [0.29, 0.717) is 18.2 Å². The van der Waals surface area contributed by atoms with E-state index in [2.05, 4.69) is 19.6 Å². The maximum absolute atomic E-state index is 12.0. The van der Waals surface area contributed by atoms with Crippen LogP contribution in [-0.2, 0) is 6.54 Å². The Balaban J connectivity index is 1.89. The smallest absolute Gasteiger partial charge is 0.387 e. The Morgan fingerprint density at radius 3 is 2.57 bits per heavy atom. The maximum atomic E-state index is 12.0. The minimum absolute atomic E-state index is 0.0400. The summed E-state index contributed by atoms with van der Waals surface area (Å²) in [5.41, 5.74) is 6.65. The number of nitrogens with zero attached hydrogens (tertiary/aromatic N) is 3. The zero-order valence-electron chi connectivity index (χ0n) is 11.8. The molecule has 1 aromatic heterocycles. The summed E-state index contributed by atoms with van der Waals surface area (Å²) in [7, 11) is 0. The second-order valence-corrected chi connectivity index (χ2v) is 4.94. The predicted octanol–water partition coefficient (Wildman–Crippen LogP) is 2.37. The first-order chi connectivity index (χ1) is 10.1. The number of nitrogens with two attached hydrogens (primary N) is 1. The molecule has 0 unspecified atom stereocenters. The van der Waals surface area contributed by atoms with Crippen LogP contribution in [0.1, 0.15) is 31.4 Å². The van der Waals surface area contributed by atoms with E-state index in [1.807, 2.05) is 0 Å². The molecule has 2 N–H and O–H groups in total. The number of ether oxygens (including phenoxy) is 1. The van der Waals surface area contributed by atoms with Crippen molar-refractivity contribution in [2.24, 2.45) is 10.7 Å². The van der Waals surface area contributed by atoms with E-state index in [1.54, 1.807) is 6.07 Å². The van der Waals surface area contributed by atoms with E-state index in [-0.39, 0.29) is 5.75 Å². The number of aromatic nitrogens is 1. The molecular formula is C14H20F2N4O. The molecule has 1 saturated heterocycles. The lowest BCUT2D eigenvalue weighted by atomic mass is 10.2. The van der Waals surface area contributed by atoms with Crippen molar-refractivity contribution in [2.75, 3.05) is 13.1 Å². The number of alkyl halides is 2. The molecule has 21 heavy (non-hydrogen) atoms. The summed E-state index contributed by atoms with van der Waals surface area (Å²) in [6.45, 7) is -0.639. The molecular weight excluding hydrogens is 278 g/mol. The summed E-state index contributed by atoms with van der Waals surface area (Å²) in [6.07, 6.45) is 6.00. The minimum Gasteiger partial charge on any atom is -0.433 e. The number of pyridine rings is 1. The van der Waals surface area contributed by atoms with Gasteiger partial charge in [0.1, 0.15) is 5.75 Å². The van der Waals surface area contributed by atoms with Gasteiger partial charge in [-0.15, -0.1) is 0 Å². The fraction of sp³-hybridized carbons (Fsp3) is 0.571. The third-order valence-electron chi connectivity index (χ3n) is 3.36. The Morgan fingerprint density at radius 1 is 1.29 bits per heavy atom. The first-order valence-electron chi connectivity index (χ1n) is 7.10. The van der Waals surface area contributed by atoms with Gasteiger partial charge in [-0.3, -0.25) is 4.98 Å². The van der Waals surface area contributed by atoms with Crippen LogP contribution in [-0.4, -0.2) is 35.5 Å². The van der Waals surface area contributed by atoms with Crippen LogP contribution in [0.4, 0.5) is 8.78 Å². The van der Waals surface area contributed by atoms with E-state index in [4.69, 9.17) is 5.73 Å². The fourth-order valence-corrected chi connectivity index (χ4v) is 2.24. The van der Waals surface area contributed by atoms with Crippen LogP contribution in [0, 0.1) is 0 Å². The first-order valence-corrected chi connectivity index (χ1v) is 7.10. The normalized spacial score (nSPS) is 16.9. The van der Waals surface area contributed by atoms with Crippen molar-refractivity contribution < 1.29 is 13.5 Å². The largest absolute Gasteiger partial charge is 0.433 e. The lowest BCUT2D eigenvalue weighted by Gasteiger charge is -2.20. The van der Waals surface area contributed by atoms with Crippen molar-refractivity contribution in [3.05, 3.63) is 24.0 Å². The van der Waals surface area contributed by atoms with Gasteiger partial charge in [0.2, 0.25) is 0 Å². The Labute approximate surface area is 122 Å². The van der Waals surface area contributed by atoms with Gasteiger partial charge in [-0.25, -0.2) is 4.99 Å². The lowest BCUT2D eigenvalue weighted by molar-refractivity contribution is -0.0500. The maximum Gasteiger partial charge on any atom is 0.387 e. The number of likely N-dealkylation sites (tertiary alicyclic amines) is 1. The molecule has 1 aliphatic rings. The minimum atomic E-state index is -2.84. The van der Waals surface area contributed by atoms with Gasteiger partial charge in [0.25, 0.3) is 0 Å². The third-order valence-corrected chi connectivity index (χ3v) is 3.36. The molecule has 7 heteroatoms. The molecule has 0 atom stereocenters. The van der Waals surface area contributed by atoms with Crippen LogP contribution in [0.2, 0.25) is 0 Å². The summed E-state index contributed by atoms with van der Waals surface area (Å²) >= 11 is 0. The molecule has 0 spiro atoms. The highest BCUT2D eigenvalue weighted by Gasteiger charge is 2.10. The van der Waals surface area contributed by atoms with Crippen LogP contribution in [0.15, 0.2) is 23.3 Å². The summed E-state index contributed by atoms with van der Waals surface area (Å²) in [5, 5.41) is 0. The summed E-state index contributed by atoms with van der Waals surface area (Å²) in [6, 6.07) is 3.06. The van der Waals surface area contributed by atoms with Gasteiger partial charge >= 0.3 is 6.61 Å². The molecule has 1 aliphatic heterocycles. The van der Waals surface area contributed by atoms with Gasteiger partial charge in [0.05, 0.1) is 18.4 Å². The Morgan fingerprint density at radius 2 is 2.00 bits per heavy atom. The summed E-state index contributed by atoms with van der Waals surface area (Å²) < 4.78 is 28.3. The number of hydrogen-bond donors (Lipinski definition) is 1. The van der Waals surface area contributed by atoms with Gasteiger partial charge in [-0.1, -0.05) is 12.8 Å². The van der Waals surface area contributed by atoms with E-state index in [0.717, 1.165) is 25.9 Å². The number of halogens is 2. The number of aliphatic imine (C=N–C) groups is 1. The molecule has 0 aliphatic carbocycles. The van der Waals surface area contributed by atoms with Crippen molar-refractivity contribution in [1.29, 1.82) is 0 Å². The number of guanidine groups is 1. The van der Waals surface area contributed by atoms with Crippen molar-refractivity contribution in [2.45, 2.75) is 38.8 Å². The van der Waals surface area contributed by atoms with E-state index in [1.165, 1.54) is 25.1 Å². The zero-order chi connectivity index (χ0) is 15.1. The van der Waals surface area contributed by atoms with Crippen molar-refractivity contribution in [1.82, 2.24) is 9.88 Å². The zero-order valence-corrected chi connectivity index (χ0v) is 11.8. The SMILES string of the molecule is NC(=NCc1ccc(OC(F)F)cn1)N1CCCCCC1. The average molecular weight is 298 g/mol. The highest BCUT2D eigenvalue weighted by Crippen LogP contribution is 2.13. The van der Waals surface area contributed by atoms with Gasteiger partial charge in [-0.05, 0) is 25.0 Å². The van der Waals surface area contributed by atoms with Gasteiger partial charge in [-0.2, -0.15) is 8.78 Å². The van der Waals surface area contributed by atoms with Crippen molar-refractivity contribution >= 4 is 5.96 Å². The molecule has 0 bridgehead atoms. The van der Waals surface area contributed by atoms with Crippen molar-refractivity contribution in [3.63, 3.8) is 0 Å². The van der Waals surface area contributed by atoms with Crippen LogP contribution >= 0.6 is 0 Å². The molecule has 0 saturated carbocycles. The van der Waals surface area contributed by atoms with Gasteiger partial charge in [0, 0.05) is 13.1 Å². The van der Waals surface area contributed by atoms with Crippen LogP contribution < -0.4 is 10.5 Å². The van der Waals surface area contributed by atoms with Crippen LogP contribution in [0.5, 0.6) is 5.75 Å². The molecule has 0 radical (unpaired) electrons. The van der Waals surface area contributed by atoms with E-state index in [9.17, 15) is 8.78 Å². The predicted molar refractivity (Wildman–Crippen MR) is 76.2 cm³/mol. The standard InChI is InChI=1S/C14H20F2N4O/c15-13(16)21-12-6-5-11(18-10-12)9-19-14(17)20-7-3-1-2-4-8-20/h5-6,10,13H,1-4,7-9H2,(H2,17,19). The lowest BCUT2D eigenvalue weighted by Crippen LogP contribution is -2.38. The van der Waals surface area contributed by atoms with Crippen LogP contribution in [0.25, 0.3) is 0 Å². The molecule has 5 nitrogen and oxygen atoms in total. The fourth-order valence-electron chi connectivity index (χ4n) is 2.24. The monoisotopic (exact) mass is 298 g/mol. The van der Waals surface area contributed by atoms with Gasteiger partial charge in [0.15, 0.2) is 5.96 Å². The number of rotatable bonds is 4. The van der Waals surface area contributed by atoms with Crippen LogP contribution in [0.3, 0.4) is 0 Å². The Hall–Kier alpha value is -1.92. The topological polar surface area (TPSA) is 63.7 Å².